The van der Waals surface area contributed by atoms with E-state index in [0.29, 0.717) is 11.8 Å². The number of hydrogen-bond acceptors (Lipinski definition) is 2. The lowest BCUT2D eigenvalue weighted by molar-refractivity contribution is 0.191. The molecule has 0 unspecified atom stereocenters. The molecule has 1 heterocycles. The largest absolute Gasteiger partial charge is 0.338 e. The number of urea groups is 1. The molecule has 0 fully saturated rings. The van der Waals surface area contributed by atoms with E-state index in [9.17, 15) is 4.79 Å². The van der Waals surface area contributed by atoms with Gasteiger partial charge in [-0.3, -0.25) is 4.98 Å². The van der Waals surface area contributed by atoms with Gasteiger partial charge in [0, 0.05) is 32.0 Å². The van der Waals surface area contributed by atoms with Gasteiger partial charge in [0.15, 0.2) is 0 Å². The maximum absolute atomic E-state index is 12.4. The van der Waals surface area contributed by atoms with E-state index < -0.39 is 0 Å². The number of aromatic nitrogens is 1. The van der Waals surface area contributed by atoms with Gasteiger partial charge in [-0.15, -0.1) is 0 Å². The highest BCUT2D eigenvalue weighted by molar-refractivity contribution is 5.74. The first-order chi connectivity index (χ1) is 11.0. The highest BCUT2D eigenvalue weighted by atomic mass is 16.2. The van der Waals surface area contributed by atoms with Crippen molar-refractivity contribution in [3.63, 3.8) is 0 Å². The molecule has 23 heavy (non-hydrogen) atoms. The van der Waals surface area contributed by atoms with Crippen LogP contribution in [0.25, 0.3) is 0 Å². The summed E-state index contributed by atoms with van der Waals surface area (Å²) >= 11 is 0. The molecule has 1 aromatic heterocycles. The summed E-state index contributed by atoms with van der Waals surface area (Å²) in [7, 11) is 0. The minimum absolute atomic E-state index is 0.0843. The Balaban J connectivity index is 2.33. The van der Waals surface area contributed by atoms with E-state index >= 15 is 0 Å². The molecule has 0 aliphatic heterocycles. The van der Waals surface area contributed by atoms with Gasteiger partial charge in [-0.25, -0.2) is 4.79 Å². The van der Waals surface area contributed by atoms with Gasteiger partial charge in [0.1, 0.15) is 0 Å². The quantitative estimate of drug-likeness (QED) is 0.659. The Hall–Kier alpha value is -1.58. The van der Waals surface area contributed by atoms with Gasteiger partial charge < -0.3 is 10.2 Å². The topological polar surface area (TPSA) is 45.2 Å². The van der Waals surface area contributed by atoms with E-state index in [4.69, 9.17) is 0 Å². The zero-order valence-electron chi connectivity index (χ0n) is 15.2. The average molecular weight is 319 g/mol. The number of pyridine rings is 1. The van der Waals surface area contributed by atoms with E-state index in [0.717, 1.165) is 45.3 Å². The first-order valence-corrected chi connectivity index (χ1v) is 8.90. The zero-order chi connectivity index (χ0) is 17.1. The molecule has 0 aliphatic rings. The fraction of sp³-hybridized carbons (Fsp3) is 0.684. The second kappa shape index (κ2) is 11.0. The highest BCUT2D eigenvalue weighted by Gasteiger charge is 2.13. The monoisotopic (exact) mass is 319 g/mol. The summed E-state index contributed by atoms with van der Waals surface area (Å²) in [6.45, 7) is 11.2. The summed E-state index contributed by atoms with van der Waals surface area (Å²) in [5, 5.41) is 3.07. The molecule has 2 amide bonds. The molecular weight excluding hydrogens is 286 g/mol. The molecule has 0 saturated carbocycles. The maximum Gasteiger partial charge on any atom is 0.317 e. The van der Waals surface area contributed by atoms with Gasteiger partial charge in [0.25, 0.3) is 0 Å². The number of aryl methyl sites for hydroxylation is 1. The van der Waals surface area contributed by atoms with Crippen molar-refractivity contribution in [2.75, 3.05) is 19.6 Å². The summed E-state index contributed by atoms with van der Waals surface area (Å²) in [6, 6.07) is 4.14. The van der Waals surface area contributed by atoms with Crippen LogP contribution in [0.3, 0.4) is 0 Å². The van der Waals surface area contributed by atoms with Crippen LogP contribution in [-0.2, 0) is 6.42 Å². The van der Waals surface area contributed by atoms with Crippen molar-refractivity contribution in [1.82, 2.24) is 15.2 Å². The van der Waals surface area contributed by atoms with Crippen LogP contribution < -0.4 is 5.32 Å². The minimum Gasteiger partial charge on any atom is -0.338 e. The Morgan fingerprint density at radius 2 is 1.65 bits per heavy atom. The van der Waals surface area contributed by atoms with Crippen LogP contribution in [0.5, 0.6) is 0 Å². The molecule has 0 spiro atoms. The molecular formula is C19H33N3O. The van der Waals surface area contributed by atoms with Gasteiger partial charge >= 0.3 is 6.03 Å². The molecule has 1 aromatic rings. The highest BCUT2D eigenvalue weighted by Crippen LogP contribution is 2.07. The van der Waals surface area contributed by atoms with E-state index in [2.05, 4.69) is 38.0 Å². The molecule has 130 valence electrons. The van der Waals surface area contributed by atoms with E-state index in [1.165, 1.54) is 5.56 Å². The smallest absolute Gasteiger partial charge is 0.317 e. The molecule has 0 saturated heterocycles. The Bertz CT molecular complexity index is 420. The molecule has 0 radical (unpaired) electrons. The summed E-state index contributed by atoms with van der Waals surface area (Å²) in [5.41, 5.74) is 1.27. The van der Waals surface area contributed by atoms with Gasteiger partial charge in [0.05, 0.1) is 0 Å². The number of nitrogens with one attached hydrogen (secondary N) is 1. The lowest BCUT2D eigenvalue weighted by Crippen LogP contribution is -2.42. The van der Waals surface area contributed by atoms with Gasteiger partial charge in [0.2, 0.25) is 0 Å². The molecule has 0 aromatic carbocycles. The molecule has 1 N–H and O–H groups in total. The summed E-state index contributed by atoms with van der Waals surface area (Å²) in [5.74, 6) is 1.24. The van der Waals surface area contributed by atoms with Crippen molar-refractivity contribution in [3.8, 4) is 0 Å². The number of carbonyl (C=O) groups is 1. The van der Waals surface area contributed by atoms with Crippen molar-refractivity contribution in [3.05, 3.63) is 30.1 Å². The molecule has 4 nitrogen and oxygen atoms in total. The van der Waals surface area contributed by atoms with E-state index in [1.807, 2.05) is 29.4 Å². The van der Waals surface area contributed by atoms with Crippen molar-refractivity contribution in [2.45, 2.75) is 53.4 Å². The van der Waals surface area contributed by atoms with Gasteiger partial charge in [-0.2, -0.15) is 0 Å². The number of nitrogens with zero attached hydrogens (tertiary/aromatic N) is 2. The Labute approximate surface area is 141 Å². The minimum atomic E-state index is 0.0843. The third kappa shape index (κ3) is 9.22. The van der Waals surface area contributed by atoms with Crippen LogP contribution in [0.1, 0.15) is 52.5 Å². The predicted molar refractivity (Wildman–Crippen MR) is 96.4 cm³/mol. The van der Waals surface area contributed by atoms with Crippen molar-refractivity contribution in [1.29, 1.82) is 0 Å². The summed E-state index contributed by atoms with van der Waals surface area (Å²) in [4.78, 5) is 18.4. The first-order valence-electron chi connectivity index (χ1n) is 8.90. The number of amides is 2. The first kappa shape index (κ1) is 19.5. The third-order valence-corrected chi connectivity index (χ3v) is 3.91. The fourth-order valence-corrected chi connectivity index (χ4v) is 2.29. The van der Waals surface area contributed by atoms with Crippen LogP contribution >= 0.6 is 0 Å². The van der Waals surface area contributed by atoms with Crippen molar-refractivity contribution >= 4 is 6.03 Å². The number of carbonyl (C=O) groups excluding carboxylic acids is 1. The molecule has 1 rings (SSSR count). The second-order valence-corrected chi connectivity index (χ2v) is 7.04. The lowest BCUT2D eigenvalue weighted by atomic mass is 10.1. The molecule has 0 bridgehead atoms. The number of rotatable bonds is 10. The average Bonchev–Trinajstić information content (AvgIpc) is 2.52. The van der Waals surface area contributed by atoms with E-state index in [-0.39, 0.29) is 6.03 Å². The molecule has 0 aliphatic carbocycles. The lowest BCUT2D eigenvalue weighted by Gasteiger charge is -2.25. The van der Waals surface area contributed by atoms with Crippen LogP contribution in [0.2, 0.25) is 0 Å². The van der Waals surface area contributed by atoms with Crippen LogP contribution in [0, 0.1) is 11.8 Å². The van der Waals surface area contributed by atoms with E-state index in [1.54, 1.807) is 0 Å². The Kier molecular flexibility index (Phi) is 9.34. The molecule has 0 atom stereocenters. The SMILES string of the molecule is CC(C)CCN(CCC(C)C)C(=O)NCCCc1ccncc1. The maximum atomic E-state index is 12.4. The molecule has 4 heteroatoms. The van der Waals surface area contributed by atoms with Crippen molar-refractivity contribution < 1.29 is 4.79 Å². The Morgan fingerprint density at radius 1 is 1.09 bits per heavy atom. The fourth-order valence-electron chi connectivity index (χ4n) is 2.29. The standard InChI is InChI=1S/C19H33N3O/c1-16(2)9-14-22(15-10-17(3)4)19(23)21-11-5-6-18-7-12-20-13-8-18/h7-8,12-13,16-17H,5-6,9-11,14-15H2,1-4H3,(H,21,23). The van der Waals surface area contributed by atoms with Crippen LogP contribution in [-0.4, -0.2) is 35.5 Å². The zero-order valence-corrected chi connectivity index (χ0v) is 15.2. The second-order valence-electron chi connectivity index (χ2n) is 7.04. The van der Waals surface area contributed by atoms with Crippen molar-refractivity contribution in [2.24, 2.45) is 11.8 Å². The third-order valence-electron chi connectivity index (χ3n) is 3.91. The van der Waals surface area contributed by atoms with Crippen LogP contribution in [0.15, 0.2) is 24.5 Å². The van der Waals surface area contributed by atoms with Crippen LogP contribution in [0.4, 0.5) is 4.79 Å². The normalized spacial score (nSPS) is 11.0. The summed E-state index contributed by atoms with van der Waals surface area (Å²) < 4.78 is 0. The predicted octanol–water partition coefficient (Wildman–Crippen LogP) is 4.12. The Morgan fingerprint density at radius 3 is 2.17 bits per heavy atom. The number of hydrogen-bond donors (Lipinski definition) is 1. The summed E-state index contributed by atoms with van der Waals surface area (Å²) in [6.07, 6.45) is 7.67. The van der Waals surface area contributed by atoms with Gasteiger partial charge in [-0.1, -0.05) is 27.7 Å². The van der Waals surface area contributed by atoms with Gasteiger partial charge in [-0.05, 0) is 55.2 Å².